The summed E-state index contributed by atoms with van der Waals surface area (Å²) in [6.07, 6.45) is -0.0373. The van der Waals surface area contributed by atoms with Gasteiger partial charge in [-0.05, 0) is 84.3 Å². The first kappa shape index (κ1) is 33.4. The molecule has 252 valence electrons. The predicted octanol–water partition coefficient (Wildman–Crippen LogP) is 5.50. The summed E-state index contributed by atoms with van der Waals surface area (Å²) in [5, 5.41) is 29.8. The molecule has 3 N–H and O–H groups in total. The van der Waals surface area contributed by atoms with Crippen molar-refractivity contribution in [1.29, 1.82) is 0 Å². The zero-order chi connectivity index (χ0) is 33.8. The normalized spacial score (nSPS) is 18.8. The Kier molecular flexibility index (Phi) is 10.2. The molecule has 2 bridgehead atoms. The van der Waals surface area contributed by atoms with Crippen LogP contribution in [0.15, 0.2) is 82.8 Å². The molecular weight excluding hydrogens is 682 g/mol. The second kappa shape index (κ2) is 14.7. The molecule has 3 aromatic carbocycles. The second-order valence-corrected chi connectivity index (χ2v) is 13.1. The van der Waals surface area contributed by atoms with Gasteiger partial charge in [0.05, 0.1) is 12.1 Å². The van der Waals surface area contributed by atoms with Gasteiger partial charge in [0.15, 0.2) is 0 Å². The van der Waals surface area contributed by atoms with Gasteiger partial charge in [0.25, 0.3) is 5.91 Å². The van der Waals surface area contributed by atoms with E-state index in [0.717, 1.165) is 45.3 Å². The van der Waals surface area contributed by atoms with Crippen molar-refractivity contribution in [2.75, 3.05) is 32.9 Å². The molecule has 11 nitrogen and oxygen atoms in total. The van der Waals surface area contributed by atoms with Crippen LogP contribution < -0.4 is 9.47 Å². The van der Waals surface area contributed by atoms with Crippen LogP contribution in [0.1, 0.15) is 36.0 Å². The molecule has 2 fully saturated rings. The quantitative estimate of drug-likeness (QED) is 0.209. The number of hydrogen-bond acceptors (Lipinski definition) is 6. The summed E-state index contributed by atoms with van der Waals surface area (Å²) in [6.45, 7) is 0.825. The maximum Gasteiger partial charge on any atom is 0.408 e. The molecule has 0 aromatic heterocycles. The Bertz CT molecular complexity index is 1680. The number of ether oxygens (including phenoxy) is 2. The first-order chi connectivity index (χ1) is 23.2. The van der Waals surface area contributed by atoms with Crippen molar-refractivity contribution in [1.82, 2.24) is 14.7 Å². The van der Waals surface area contributed by atoms with Gasteiger partial charge in [0, 0.05) is 42.3 Å². The Morgan fingerprint density at radius 1 is 0.833 bits per heavy atom. The number of piperazine rings is 1. The molecule has 1 saturated heterocycles. The summed E-state index contributed by atoms with van der Waals surface area (Å²) in [6, 6.07) is 21.0. The van der Waals surface area contributed by atoms with Crippen LogP contribution in [-0.2, 0) is 17.8 Å². The number of benzene rings is 3. The molecule has 1 aliphatic carbocycles. The van der Waals surface area contributed by atoms with Crippen LogP contribution in [0, 0.1) is 0 Å². The van der Waals surface area contributed by atoms with E-state index < -0.39 is 24.3 Å². The number of rotatable bonds is 12. The molecule has 1 saturated carbocycles. The van der Waals surface area contributed by atoms with E-state index in [0.29, 0.717) is 37.5 Å². The van der Waals surface area contributed by atoms with Gasteiger partial charge in [-0.3, -0.25) is 9.69 Å². The fraction of sp³-hybridized carbons (Fsp3) is 0.361. The molecule has 48 heavy (non-hydrogen) atoms. The van der Waals surface area contributed by atoms with Gasteiger partial charge in [-0.2, -0.15) is 0 Å². The van der Waals surface area contributed by atoms with Crippen LogP contribution in [0.3, 0.4) is 0 Å². The molecule has 2 heterocycles. The topological polar surface area (TPSA) is 140 Å². The molecule has 0 spiro atoms. The zero-order valence-electron chi connectivity index (χ0n) is 26.3. The van der Waals surface area contributed by atoms with E-state index in [-0.39, 0.29) is 38.1 Å². The molecule has 3 aromatic rings. The number of halogens is 1. The van der Waals surface area contributed by atoms with Gasteiger partial charge in [0.2, 0.25) is 0 Å². The highest BCUT2D eigenvalue weighted by Gasteiger charge is 2.49. The average molecular weight is 721 g/mol. The average Bonchev–Trinajstić information content (AvgIpc) is 3.92. The minimum absolute atomic E-state index is 0.0148. The van der Waals surface area contributed by atoms with Crippen molar-refractivity contribution >= 4 is 39.6 Å². The lowest BCUT2D eigenvalue weighted by atomic mass is 9.81. The number of carbonyl (C=O) groups excluding carboxylic acids is 1. The van der Waals surface area contributed by atoms with Crippen LogP contribution >= 0.6 is 15.9 Å². The zero-order valence-corrected chi connectivity index (χ0v) is 27.9. The first-order valence-corrected chi connectivity index (χ1v) is 16.8. The SMILES string of the molecule is O=C(O)N1C[C@H]2CC(c3ccc(OCCOc4ccc(Br)cc4)cc3)=C(C(=O)N(Cc3ccccc3CCO)C3CC3)[C@@H](C1)N2C(=O)O. The van der Waals surface area contributed by atoms with Gasteiger partial charge in [-0.1, -0.05) is 52.3 Å². The highest BCUT2D eigenvalue weighted by molar-refractivity contribution is 9.10. The van der Waals surface area contributed by atoms with E-state index in [1.807, 2.05) is 72.8 Å². The Balaban J connectivity index is 1.30. The lowest BCUT2D eigenvalue weighted by Crippen LogP contribution is -2.65. The maximum absolute atomic E-state index is 14.8. The van der Waals surface area contributed by atoms with Crippen molar-refractivity contribution in [2.45, 2.75) is 50.4 Å². The highest BCUT2D eigenvalue weighted by atomic mass is 79.9. The van der Waals surface area contributed by atoms with Crippen molar-refractivity contribution in [3.05, 3.63) is 99.5 Å². The number of fused-ring (bicyclic) bond motifs is 2. The Labute approximate surface area is 287 Å². The van der Waals surface area contributed by atoms with Crippen LogP contribution in [0.2, 0.25) is 0 Å². The van der Waals surface area contributed by atoms with Crippen LogP contribution in [0.5, 0.6) is 11.5 Å². The smallest absolute Gasteiger partial charge is 0.408 e. The van der Waals surface area contributed by atoms with E-state index in [2.05, 4.69) is 15.9 Å². The molecule has 2 atom stereocenters. The number of nitrogens with zero attached hydrogens (tertiary/aromatic N) is 3. The van der Waals surface area contributed by atoms with E-state index in [9.17, 15) is 29.7 Å². The minimum atomic E-state index is -1.18. The summed E-state index contributed by atoms with van der Waals surface area (Å²) in [5.74, 6) is 1.06. The standard InChI is InChI=1S/C36H38BrN3O8/c37-26-7-13-30(14-8-26)48-18-17-47-29-11-5-24(6-12-29)31-19-28-21-38(35(43)44)22-32(40(28)36(45)46)33(31)34(42)39(27-9-10-27)20-25-4-2-1-3-23(25)15-16-41/h1-8,11-14,27-28,32,41H,9-10,15-22H2,(H,43,44)(H,45,46)/t28-,32-/m1/s1. The van der Waals surface area contributed by atoms with E-state index in [1.54, 1.807) is 4.90 Å². The molecule has 12 heteroatoms. The van der Waals surface area contributed by atoms with Gasteiger partial charge in [-0.15, -0.1) is 0 Å². The predicted molar refractivity (Wildman–Crippen MR) is 181 cm³/mol. The molecule has 0 unspecified atom stereocenters. The van der Waals surface area contributed by atoms with Gasteiger partial charge in [0.1, 0.15) is 24.7 Å². The number of amides is 3. The number of carboxylic acid groups (broad SMARTS) is 2. The number of aliphatic hydroxyl groups excluding tert-OH is 1. The number of carbonyl (C=O) groups is 3. The van der Waals surface area contributed by atoms with Gasteiger partial charge < -0.3 is 34.6 Å². The van der Waals surface area contributed by atoms with Crippen molar-refractivity contribution < 1.29 is 39.2 Å². The fourth-order valence-corrected chi connectivity index (χ4v) is 6.93. The lowest BCUT2D eigenvalue weighted by Gasteiger charge is -2.49. The molecule has 6 rings (SSSR count). The van der Waals surface area contributed by atoms with E-state index >= 15 is 0 Å². The van der Waals surface area contributed by atoms with Crippen LogP contribution in [-0.4, -0.2) is 99.1 Å². The molecular formula is C36H38BrN3O8. The summed E-state index contributed by atoms with van der Waals surface area (Å²) in [5.41, 5.74) is 3.65. The molecule has 3 amide bonds. The Hall–Kier alpha value is -4.55. The largest absolute Gasteiger partial charge is 0.490 e. The van der Waals surface area contributed by atoms with Crippen molar-refractivity contribution in [3.63, 3.8) is 0 Å². The summed E-state index contributed by atoms with van der Waals surface area (Å²) in [4.78, 5) is 43.8. The van der Waals surface area contributed by atoms with Crippen LogP contribution in [0.4, 0.5) is 9.59 Å². The highest BCUT2D eigenvalue weighted by Crippen LogP contribution is 2.41. The third-order valence-electron chi connectivity index (χ3n) is 9.10. The lowest BCUT2D eigenvalue weighted by molar-refractivity contribution is -0.129. The summed E-state index contributed by atoms with van der Waals surface area (Å²) in [7, 11) is 0. The number of hydrogen-bond donors (Lipinski definition) is 3. The fourth-order valence-electron chi connectivity index (χ4n) is 6.67. The third kappa shape index (κ3) is 7.44. The van der Waals surface area contributed by atoms with Gasteiger partial charge in [-0.25, -0.2) is 9.59 Å². The molecule has 2 aliphatic heterocycles. The van der Waals surface area contributed by atoms with Gasteiger partial charge >= 0.3 is 12.2 Å². The van der Waals surface area contributed by atoms with E-state index in [1.165, 1.54) is 9.80 Å². The van der Waals surface area contributed by atoms with E-state index in [4.69, 9.17) is 9.47 Å². The first-order valence-electron chi connectivity index (χ1n) is 16.1. The second-order valence-electron chi connectivity index (χ2n) is 12.2. The Morgan fingerprint density at radius 3 is 2.04 bits per heavy atom. The van der Waals surface area contributed by atoms with Crippen LogP contribution in [0.25, 0.3) is 5.57 Å². The van der Waals surface area contributed by atoms with Crippen molar-refractivity contribution in [2.24, 2.45) is 0 Å². The number of aliphatic hydroxyl groups is 1. The molecule has 3 aliphatic rings. The summed E-state index contributed by atoms with van der Waals surface area (Å²) < 4.78 is 12.6. The minimum Gasteiger partial charge on any atom is -0.490 e. The van der Waals surface area contributed by atoms with Crippen molar-refractivity contribution in [3.8, 4) is 11.5 Å². The molecule has 0 radical (unpaired) electrons. The third-order valence-corrected chi connectivity index (χ3v) is 9.63. The summed E-state index contributed by atoms with van der Waals surface area (Å²) >= 11 is 3.41. The monoisotopic (exact) mass is 719 g/mol. The maximum atomic E-state index is 14.8. The Morgan fingerprint density at radius 2 is 1.46 bits per heavy atom.